The lowest BCUT2D eigenvalue weighted by Crippen LogP contribution is -2.42. The Kier molecular flexibility index (Phi) is 13.0. The van der Waals surface area contributed by atoms with E-state index in [0.717, 1.165) is 66.9 Å². The van der Waals surface area contributed by atoms with E-state index in [1.54, 1.807) is 12.1 Å². The van der Waals surface area contributed by atoms with E-state index in [2.05, 4.69) is 53.5 Å². The van der Waals surface area contributed by atoms with Crippen LogP contribution in [0.3, 0.4) is 0 Å². The fourth-order valence-electron chi connectivity index (χ4n) is 6.93. The Bertz CT molecular complexity index is 1820. The molecule has 2 fully saturated rings. The van der Waals surface area contributed by atoms with Crippen LogP contribution in [0, 0.1) is 5.41 Å². The molecule has 3 heterocycles. The smallest absolute Gasteiger partial charge is 0.220 e. The minimum atomic E-state index is -0.464. The third-order valence-corrected chi connectivity index (χ3v) is 10.4. The lowest BCUT2D eigenvalue weighted by atomic mass is 9.89. The average Bonchev–Trinajstić information content (AvgIpc) is 3.50. The monoisotopic (exact) mass is 773 g/mol. The lowest BCUT2D eigenvalue weighted by Gasteiger charge is -2.27. The molecule has 3 aromatic carbocycles. The Morgan fingerprint density at radius 3 is 2.06 bits per heavy atom. The van der Waals surface area contributed by atoms with Crippen molar-refractivity contribution in [2.45, 2.75) is 25.2 Å². The number of nitrogen functional groups attached to an aromatic ring is 1. The summed E-state index contributed by atoms with van der Waals surface area (Å²) in [5.74, 6) is -0.736. The summed E-state index contributed by atoms with van der Waals surface area (Å²) in [7, 11) is 0. The van der Waals surface area contributed by atoms with Gasteiger partial charge in [0, 0.05) is 99.6 Å². The number of nitrogens with zero attached hydrogens (tertiary/aromatic N) is 2. The lowest BCUT2D eigenvalue weighted by molar-refractivity contribution is -0.123. The van der Waals surface area contributed by atoms with E-state index in [1.165, 1.54) is 0 Å². The van der Waals surface area contributed by atoms with Crippen LogP contribution in [0.1, 0.15) is 41.0 Å². The first-order chi connectivity index (χ1) is 25.2. The highest BCUT2D eigenvalue weighted by Gasteiger charge is 2.25. The fourth-order valence-corrected chi connectivity index (χ4v) is 7.41. The molecule has 0 unspecified atom stereocenters. The Morgan fingerprint density at radius 1 is 0.885 bits per heavy atom. The number of benzene rings is 3. The Balaban J connectivity index is 1.29. The molecule has 0 bridgehead atoms. The number of halogens is 1. The number of phenols is 1. The van der Waals surface area contributed by atoms with Crippen molar-refractivity contribution in [1.82, 2.24) is 25.4 Å². The van der Waals surface area contributed by atoms with Crippen molar-refractivity contribution < 1.29 is 24.2 Å². The fraction of sp³-hybridized carbons (Fsp3) is 0.410. The molecule has 1 aromatic heterocycles. The van der Waals surface area contributed by atoms with Crippen LogP contribution in [0.2, 0.25) is 0 Å². The quantitative estimate of drug-likeness (QED) is 0.0781. The predicted molar refractivity (Wildman–Crippen MR) is 206 cm³/mol. The van der Waals surface area contributed by atoms with Gasteiger partial charge in [0.15, 0.2) is 0 Å². The zero-order valence-corrected chi connectivity index (χ0v) is 31.0. The van der Waals surface area contributed by atoms with Gasteiger partial charge < -0.3 is 35.9 Å². The number of aromatic nitrogens is 1. The first-order valence-electron chi connectivity index (χ1n) is 17.9. The molecule has 276 valence electrons. The molecule has 0 aliphatic carbocycles. The van der Waals surface area contributed by atoms with E-state index in [9.17, 15) is 14.7 Å². The van der Waals surface area contributed by atoms with Gasteiger partial charge in [-0.1, -0.05) is 30.3 Å². The summed E-state index contributed by atoms with van der Waals surface area (Å²) >= 11 is 3.59. The highest BCUT2D eigenvalue weighted by atomic mass is 79.9. The van der Waals surface area contributed by atoms with Crippen molar-refractivity contribution in [2.75, 3.05) is 78.8 Å². The molecular weight excluding hydrogens is 726 g/mol. The van der Waals surface area contributed by atoms with Crippen LogP contribution >= 0.6 is 15.9 Å². The van der Waals surface area contributed by atoms with Crippen LogP contribution in [0.4, 0.5) is 0 Å². The number of aromatic hydroxyl groups is 1. The van der Waals surface area contributed by atoms with E-state index in [1.807, 2.05) is 36.4 Å². The van der Waals surface area contributed by atoms with Gasteiger partial charge in [0.1, 0.15) is 11.6 Å². The zero-order chi connectivity index (χ0) is 36.5. The molecule has 2 aliphatic heterocycles. The Morgan fingerprint density at radius 2 is 1.48 bits per heavy atom. The summed E-state index contributed by atoms with van der Waals surface area (Å²) in [4.78, 5) is 34.9. The van der Waals surface area contributed by atoms with Gasteiger partial charge >= 0.3 is 0 Å². The van der Waals surface area contributed by atoms with Gasteiger partial charge in [-0.25, -0.2) is 0 Å². The number of hydrogen-bond donors (Lipinski definition) is 6. The molecule has 4 aromatic rings. The second-order valence-electron chi connectivity index (χ2n) is 13.4. The summed E-state index contributed by atoms with van der Waals surface area (Å²) in [6.07, 6.45) is 0.754. The van der Waals surface area contributed by atoms with Crippen LogP contribution in [0.25, 0.3) is 22.2 Å². The topological polar surface area (TPSA) is 169 Å². The molecule has 0 spiro atoms. The molecule has 2 aliphatic rings. The van der Waals surface area contributed by atoms with Gasteiger partial charge in [-0.15, -0.1) is 0 Å². The molecule has 0 atom stereocenters. The van der Waals surface area contributed by atoms with E-state index in [4.69, 9.17) is 20.6 Å². The number of rotatable bonds is 15. The first kappa shape index (κ1) is 37.5. The van der Waals surface area contributed by atoms with E-state index < -0.39 is 5.92 Å². The maximum Gasteiger partial charge on any atom is 0.220 e. The molecule has 13 heteroatoms. The number of ether oxygens (including phenoxy) is 2. The van der Waals surface area contributed by atoms with Gasteiger partial charge in [0.2, 0.25) is 11.8 Å². The van der Waals surface area contributed by atoms with Crippen molar-refractivity contribution in [3.63, 3.8) is 0 Å². The number of amidine groups is 1. The third-order valence-electron chi connectivity index (χ3n) is 9.84. The normalized spacial score (nSPS) is 15.6. The highest BCUT2D eigenvalue weighted by Crippen LogP contribution is 2.43. The highest BCUT2D eigenvalue weighted by molar-refractivity contribution is 9.10. The van der Waals surface area contributed by atoms with Crippen molar-refractivity contribution in [3.8, 4) is 17.0 Å². The number of fused-ring (bicyclic) bond motifs is 1. The predicted octanol–water partition coefficient (Wildman–Crippen LogP) is 3.94. The van der Waals surface area contributed by atoms with Gasteiger partial charge in [-0.2, -0.15) is 0 Å². The minimum absolute atomic E-state index is 0.0304. The molecule has 6 rings (SSSR count). The van der Waals surface area contributed by atoms with Crippen LogP contribution in [-0.4, -0.2) is 116 Å². The minimum Gasteiger partial charge on any atom is -0.506 e. The standard InChI is InChI=1S/C39H48BrN7O5/c40-33-23-28(22-32(38(33)50)37-31(20-26-4-2-1-3-5-26)30-21-27(39(41)42)6-7-34(30)45-37)29(24-35(48)43-8-10-46-12-16-51-17-13-46)25-36(49)44-9-11-47-14-18-52-19-15-47/h1-7,21-23,29,45,50H,8-20,24-25H2,(H3,41,42)(H,43,48)(H,44,49). The number of H-pyrrole nitrogens is 1. The van der Waals surface area contributed by atoms with Crippen molar-refractivity contribution >= 4 is 44.5 Å². The Hall–Kier alpha value is -4.27. The SMILES string of the molecule is N=C(N)c1ccc2[nH]c(-c3cc(C(CC(=O)NCCN4CCOCC4)CC(=O)NCCN4CCOCC4)cc(Br)c3O)c(Cc3ccccc3)c2c1. The Labute approximate surface area is 312 Å². The second-order valence-corrected chi connectivity index (χ2v) is 14.3. The van der Waals surface area contributed by atoms with Gasteiger partial charge in [0.25, 0.3) is 0 Å². The van der Waals surface area contributed by atoms with Crippen LogP contribution in [0.15, 0.2) is 65.1 Å². The number of carbonyl (C=O) groups is 2. The number of morpholine rings is 2. The third kappa shape index (κ3) is 9.78. The molecule has 0 saturated carbocycles. The summed E-state index contributed by atoms with van der Waals surface area (Å²) in [6, 6.07) is 19.3. The number of carbonyl (C=O) groups excluding carboxylic acids is 2. The number of nitrogens with two attached hydrogens (primary N) is 1. The van der Waals surface area contributed by atoms with Gasteiger partial charge in [-0.3, -0.25) is 24.8 Å². The van der Waals surface area contributed by atoms with Crippen molar-refractivity contribution in [2.24, 2.45) is 5.73 Å². The summed E-state index contributed by atoms with van der Waals surface area (Å²) in [6.45, 7) is 8.57. The summed E-state index contributed by atoms with van der Waals surface area (Å²) in [5.41, 5.74) is 11.3. The number of amides is 2. The number of nitrogens with one attached hydrogen (secondary N) is 4. The van der Waals surface area contributed by atoms with Crippen LogP contribution in [-0.2, 0) is 25.5 Å². The van der Waals surface area contributed by atoms with Gasteiger partial charge in [-0.05, 0) is 63.0 Å². The molecule has 2 amide bonds. The maximum atomic E-state index is 13.4. The molecule has 2 saturated heterocycles. The zero-order valence-electron chi connectivity index (χ0n) is 29.4. The second kappa shape index (κ2) is 18.0. The first-order valence-corrected chi connectivity index (χ1v) is 18.7. The molecular formula is C39H48BrN7O5. The summed E-state index contributed by atoms with van der Waals surface area (Å²) in [5, 5.41) is 26.6. The number of aromatic amines is 1. The van der Waals surface area contributed by atoms with Crippen molar-refractivity contribution in [1.29, 1.82) is 5.41 Å². The van der Waals surface area contributed by atoms with Crippen molar-refractivity contribution in [3.05, 3.63) is 87.4 Å². The van der Waals surface area contributed by atoms with E-state index in [-0.39, 0.29) is 36.2 Å². The maximum absolute atomic E-state index is 13.4. The number of phenolic OH excluding ortho intramolecular Hbond substituents is 1. The number of hydrogen-bond acceptors (Lipinski definition) is 8. The van der Waals surface area contributed by atoms with Gasteiger partial charge in [0.05, 0.1) is 36.6 Å². The molecule has 52 heavy (non-hydrogen) atoms. The average molecular weight is 775 g/mol. The molecule has 7 N–H and O–H groups in total. The largest absolute Gasteiger partial charge is 0.506 e. The van der Waals surface area contributed by atoms with Crippen LogP contribution in [0.5, 0.6) is 5.75 Å². The van der Waals surface area contributed by atoms with E-state index >= 15 is 0 Å². The molecule has 12 nitrogen and oxygen atoms in total. The van der Waals surface area contributed by atoms with Crippen LogP contribution < -0.4 is 16.4 Å². The molecule has 0 radical (unpaired) electrons. The van der Waals surface area contributed by atoms with E-state index in [0.29, 0.717) is 67.2 Å². The summed E-state index contributed by atoms with van der Waals surface area (Å²) < 4.78 is 11.3.